The first-order chi connectivity index (χ1) is 14.1. The fourth-order valence-electron chi connectivity index (χ4n) is 2.62. The van der Waals surface area contributed by atoms with Crippen molar-refractivity contribution >= 4 is 41.5 Å². The number of furan rings is 1. The average molecular weight is 530 g/mol. The number of anilines is 1. The van der Waals surface area contributed by atoms with Crippen molar-refractivity contribution in [2.24, 2.45) is 4.99 Å². The monoisotopic (exact) mass is 530 g/mol. The van der Waals surface area contributed by atoms with Crippen molar-refractivity contribution in [1.82, 2.24) is 10.6 Å². The fourth-order valence-corrected chi connectivity index (χ4v) is 2.62. The zero-order chi connectivity index (χ0) is 21.1. The molecule has 1 amide bonds. The molecule has 0 aliphatic carbocycles. The molecule has 0 bridgehead atoms. The fraction of sp³-hybridized carbons (Fsp3) is 0.429. The second-order valence-corrected chi connectivity index (χ2v) is 6.23. The van der Waals surface area contributed by atoms with Crippen LogP contribution in [-0.4, -0.2) is 45.2 Å². The highest BCUT2D eigenvalue weighted by Crippen LogP contribution is 2.30. The van der Waals surface area contributed by atoms with Crippen molar-refractivity contribution < 1.29 is 18.7 Å². The molecule has 0 aliphatic rings. The maximum atomic E-state index is 12.0. The zero-order valence-corrected chi connectivity index (χ0v) is 20.2. The average Bonchev–Trinajstić information content (AvgIpc) is 3.14. The van der Waals surface area contributed by atoms with E-state index < -0.39 is 0 Å². The number of nitrogens with one attached hydrogen (secondary N) is 3. The molecule has 2 aromatic rings. The number of hydrogen-bond acceptors (Lipinski definition) is 5. The summed E-state index contributed by atoms with van der Waals surface area (Å²) in [6.45, 7) is 8.12. The van der Waals surface area contributed by atoms with E-state index in [2.05, 4.69) is 20.9 Å². The number of halogens is 1. The van der Waals surface area contributed by atoms with Crippen LogP contribution in [0.5, 0.6) is 11.5 Å². The Morgan fingerprint density at radius 3 is 2.60 bits per heavy atom. The van der Waals surface area contributed by atoms with Crippen molar-refractivity contribution in [2.75, 3.05) is 38.7 Å². The number of amides is 1. The number of carbonyl (C=O) groups is 1. The number of rotatable bonds is 10. The first kappa shape index (κ1) is 25.6. The standard InChI is InChI=1S/C21H30N4O4.HI/c1-5-22-21(25-16-8-9-17(27-4)18(14-16)28-6-2)24-12-7-11-23-20(26)19-15(3)10-13-29-19;/h8-10,13-14H,5-7,11-12H2,1-4H3,(H,23,26)(H2,22,24,25);1H. The van der Waals surface area contributed by atoms with Gasteiger partial charge in [-0.25, -0.2) is 0 Å². The van der Waals surface area contributed by atoms with E-state index in [4.69, 9.17) is 13.9 Å². The highest BCUT2D eigenvalue weighted by Gasteiger charge is 2.11. The summed E-state index contributed by atoms with van der Waals surface area (Å²) in [7, 11) is 1.61. The van der Waals surface area contributed by atoms with Gasteiger partial charge in [0.15, 0.2) is 23.2 Å². The number of nitrogens with zero attached hydrogens (tertiary/aromatic N) is 1. The van der Waals surface area contributed by atoms with Gasteiger partial charge in [0.25, 0.3) is 5.91 Å². The third kappa shape index (κ3) is 7.77. The van der Waals surface area contributed by atoms with E-state index in [1.807, 2.05) is 39.0 Å². The summed E-state index contributed by atoms with van der Waals surface area (Å²) in [6, 6.07) is 7.40. The lowest BCUT2D eigenvalue weighted by Gasteiger charge is -2.14. The van der Waals surface area contributed by atoms with Gasteiger partial charge in [0.05, 0.1) is 20.0 Å². The van der Waals surface area contributed by atoms with Crippen LogP contribution in [0.1, 0.15) is 36.4 Å². The molecule has 0 saturated carbocycles. The van der Waals surface area contributed by atoms with E-state index >= 15 is 0 Å². The normalized spacial score (nSPS) is 10.7. The molecule has 1 aromatic carbocycles. The Morgan fingerprint density at radius 2 is 1.97 bits per heavy atom. The van der Waals surface area contributed by atoms with Crippen LogP contribution in [0.2, 0.25) is 0 Å². The summed E-state index contributed by atoms with van der Waals surface area (Å²) in [4.78, 5) is 16.6. The first-order valence-electron chi connectivity index (χ1n) is 9.77. The lowest BCUT2D eigenvalue weighted by atomic mass is 10.2. The molecule has 0 unspecified atom stereocenters. The Morgan fingerprint density at radius 1 is 1.17 bits per heavy atom. The molecular formula is C21H31IN4O4. The lowest BCUT2D eigenvalue weighted by molar-refractivity contribution is 0.0925. The van der Waals surface area contributed by atoms with Gasteiger partial charge in [-0.15, -0.1) is 24.0 Å². The lowest BCUT2D eigenvalue weighted by Crippen LogP contribution is -2.31. The number of benzene rings is 1. The molecule has 1 aromatic heterocycles. The van der Waals surface area contributed by atoms with Gasteiger partial charge in [-0.1, -0.05) is 0 Å². The summed E-state index contributed by atoms with van der Waals surface area (Å²) < 4.78 is 16.1. The minimum atomic E-state index is -0.205. The van der Waals surface area contributed by atoms with Crippen LogP contribution in [0.3, 0.4) is 0 Å². The molecule has 8 nitrogen and oxygen atoms in total. The van der Waals surface area contributed by atoms with Crippen LogP contribution in [-0.2, 0) is 0 Å². The quantitative estimate of drug-likeness (QED) is 0.187. The third-order valence-corrected chi connectivity index (χ3v) is 4.03. The topological polar surface area (TPSA) is 97.1 Å². The van der Waals surface area contributed by atoms with Crippen molar-refractivity contribution in [3.8, 4) is 11.5 Å². The Hall–Kier alpha value is -2.43. The second kappa shape index (κ2) is 13.7. The Labute approximate surface area is 194 Å². The summed E-state index contributed by atoms with van der Waals surface area (Å²) in [5.41, 5.74) is 1.67. The van der Waals surface area contributed by atoms with Crippen LogP contribution < -0.4 is 25.4 Å². The number of hydrogen-bond donors (Lipinski definition) is 3. The van der Waals surface area contributed by atoms with Gasteiger partial charge in [0, 0.05) is 37.0 Å². The molecule has 3 N–H and O–H groups in total. The maximum absolute atomic E-state index is 12.0. The van der Waals surface area contributed by atoms with E-state index in [9.17, 15) is 4.79 Å². The van der Waals surface area contributed by atoms with E-state index in [0.29, 0.717) is 49.3 Å². The first-order valence-corrected chi connectivity index (χ1v) is 9.77. The Balaban J connectivity index is 0.00000450. The van der Waals surface area contributed by atoms with Crippen LogP contribution in [0.15, 0.2) is 39.9 Å². The van der Waals surface area contributed by atoms with Crippen molar-refractivity contribution in [3.05, 3.63) is 41.9 Å². The predicted molar refractivity (Wildman–Crippen MR) is 130 cm³/mol. The molecule has 2 rings (SSSR count). The van der Waals surface area contributed by atoms with Crippen molar-refractivity contribution in [1.29, 1.82) is 0 Å². The van der Waals surface area contributed by atoms with E-state index in [1.165, 1.54) is 6.26 Å². The number of carbonyl (C=O) groups excluding carboxylic acids is 1. The summed E-state index contributed by atoms with van der Waals surface area (Å²) in [5, 5.41) is 9.31. The van der Waals surface area contributed by atoms with Gasteiger partial charge in [0.2, 0.25) is 0 Å². The molecule has 30 heavy (non-hydrogen) atoms. The van der Waals surface area contributed by atoms with Gasteiger partial charge >= 0.3 is 0 Å². The van der Waals surface area contributed by atoms with Gasteiger partial charge in [-0.3, -0.25) is 9.79 Å². The molecular weight excluding hydrogens is 499 g/mol. The zero-order valence-electron chi connectivity index (χ0n) is 17.9. The summed E-state index contributed by atoms with van der Waals surface area (Å²) in [5.74, 6) is 2.17. The molecule has 9 heteroatoms. The Bertz CT molecular complexity index is 823. The van der Waals surface area contributed by atoms with Gasteiger partial charge in [0.1, 0.15) is 0 Å². The van der Waals surface area contributed by atoms with Gasteiger partial charge < -0.3 is 29.8 Å². The van der Waals surface area contributed by atoms with Crippen LogP contribution in [0, 0.1) is 6.92 Å². The number of aliphatic imine (C=N–C) groups is 1. The SMILES string of the molecule is CCNC(=NCCCNC(=O)c1occc1C)Nc1ccc(OC)c(OCC)c1.I. The van der Waals surface area contributed by atoms with Gasteiger partial charge in [-0.2, -0.15) is 0 Å². The van der Waals surface area contributed by atoms with Crippen molar-refractivity contribution in [3.63, 3.8) is 0 Å². The third-order valence-electron chi connectivity index (χ3n) is 4.03. The van der Waals surface area contributed by atoms with Crippen LogP contribution in [0.25, 0.3) is 0 Å². The molecule has 0 aliphatic heterocycles. The molecule has 0 saturated heterocycles. The van der Waals surface area contributed by atoms with E-state index in [-0.39, 0.29) is 29.9 Å². The number of ether oxygens (including phenoxy) is 2. The smallest absolute Gasteiger partial charge is 0.287 e. The van der Waals surface area contributed by atoms with E-state index in [0.717, 1.165) is 17.8 Å². The number of aryl methyl sites for hydroxylation is 1. The van der Waals surface area contributed by atoms with Gasteiger partial charge in [-0.05, 0) is 45.4 Å². The molecule has 166 valence electrons. The second-order valence-electron chi connectivity index (χ2n) is 6.23. The molecule has 0 spiro atoms. The van der Waals surface area contributed by atoms with Crippen LogP contribution in [0.4, 0.5) is 5.69 Å². The number of methoxy groups -OCH3 is 1. The van der Waals surface area contributed by atoms with Crippen LogP contribution >= 0.6 is 24.0 Å². The molecule has 0 radical (unpaired) electrons. The highest BCUT2D eigenvalue weighted by molar-refractivity contribution is 14.0. The Kier molecular flexibility index (Phi) is 11.7. The maximum Gasteiger partial charge on any atom is 0.287 e. The molecule has 1 heterocycles. The highest BCUT2D eigenvalue weighted by atomic mass is 127. The van der Waals surface area contributed by atoms with E-state index in [1.54, 1.807) is 13.2 Å². The largest absolute Gasteiger partial charge is 0.493 e. The minimum absolute atomic E-state index is 0. The summed E-state index contributed by atoms with van der Waals surface area (Å²) >= 11 is 0. The number of guanidine groups is 1. The molecule has 0 fully saturated rings. The predicted octanol–water partition coefficient (Wildman–Crippen LogP) is 3.81. The molecule has 0 atom stereocenters. The minimum Gasteiger partial charge on any atom is -0.493 e. The van der Waals surface area contributed by atoms with Crippen molar-refractivity contribution in [2.45, 2.75) is 27.2 Å². The summed E-state index contributed by atoms with van der Waals surface area (Å²) in [6.07, 6.45) is 2.22.